The van der Waals surface area contributed by atoms with E-state index in [2.05, 4.69) is 53.3 Å². The van der Waals surface area contributed by atoms with Crippen molar-refractivity contribution >= 4 is 11.8 Å². The first-order chi connectivity index (χ1) is 5.83. The lowest BCUT2D eigenvalue weighted by Gasteiger charge is -2.26. The van der Waals surface area contributed by atoms with Crippen molar-refractivity contribution in [2.45, 2.75) is 70.8 Å². The quantitative estimate of drug-likeness (QED) is 0.600. The highest BCUT2D eigenvalue weighted by molar-refractivity contribution is 8.01. The van der Waals surface area contributed by atoms with Gasteiger partial charge in [0.05, 0.1) is 0 Å². The van der Waals surface area contributed by atoms with Gasteiger partial charge in [-0.1, -0.05) is 54.4 Å². The van der Waals surface area contributed by atoms with Crippen molar-refractivity contribution in [2.75, 3.05) is 0 Å². The first-order valence-corrected chi connectivity index (χ1v) is 6.39. The molecule has 13 heavy (non-hydrogen) atoms. The summed E-state index contributed by atoms with van der Waals surface area (Å²) in [6.45, 7) is 13.9. The van der Waals surface area contributed by atoms with Crippen molar-refractivity contribution in [3.8, 4) is 0 Å². The zero-order chi connectivity index (χ0) is 10.5. The van der Waals surface area contributed by atoms with Crippen molar-refractivity contribution in [2.24, 2.45) is 5.92 Å². The maximum absolute atomic E-state index is 2.37. The summed E-state index contributed by atoms with van der Waals surface area (Å²) >= 11 is 2.11. The molecule has 0 fully saturated rings. The molecule has 0 heterocycles. The fraction of sp³-hybridized carbons (Fsp3) is 1.00. The molecule has 0 N–H and O–H groups in total. The van der Waals surface area contributed by atoms with E-state index in [-0.39, 0.29) is 0 Å². The normalized spacial score (nSPS) is 12.9. The van der Waals surface area contributed by atoms with Crippen molar-refractivity contribution in [3.05, 3.63) is 0 Å². The zero-order valence-corrected chi connectivity index (χ0v) is 11.0. The molecule has 0 bridgehead atoms. The Morgan fingerprint density at radius 2 is 1.62 bits per heavy atom. The molecule has 0 saturated carbocycles. The molecule has 0 aliphatic heterocycles. The van der Waals surface area contributed by atoms with E-state index >= 15 is 0 Å². The van der Waals surface area contributed by atoms with E-state index in [4.69, 9.17) is 0 Å². The summed E-state index contributed by atoms with van der Waals surface area (Å²) in [6.07, 6.45) is 4.11. The Hall–Kier alpha value is 0.350. The van der Waals surface area contributed by atoms with Gasteiger partial charge in [-0.25, -0.2) is 0 Å². The van der Waals surface area contributed by atoms with Gasteiger partial charge in [-0.3, -0.25) is 0 Å². The van der Waals surface area contributed by atoms with Gasteiger partial charge in [0.25, 0.3) is 0 Å². The van der Waals surface area contributed by atoms with Gasteiger partial charge >= 0.3 is 0 Å². The molecule has 0 amide bonds. The molecule has 0 rings (SSSR count). The highest BCUT2D eigenvalue weighted by Crippen LogP contribution is 2.33. The van der Waals surface area contributed by atoms with E-state index in [1.165, 1.54) is 19.3 Å². The maximum Gasteiger partial charge on any atom is 0.0106 e. The van der Waals surface area contributed by atoms with Crippen molar-refractivity contribution in [1.82, 2.24) is 0 Å². The molecule has 0 aliphatic rings. The Morgan fingerprint density at radius 1 is 1.08 bits per heavy atom. The first-order valence-electron chi connectivity index (χ1n) is 5.51. The molecule has 0 aromatic carbocycles. The van der Waals surface area contributed by atoms with Gasteiger partial charge < -0.3 is 0 Å². The van der Waals surface area contributed by atoms with E-state index < -0.39 is 0 Å². The fourth-order valence-electron chi connectivity index (χ4n) is 1.63. The van der Waals surface area contributed by atoms with Gasteiger partial charge in [0.2, 0.25) is 0 Å². The minimum atomic E-state index is 0.475. The number of rotatable bonds is 6. The lowest BCUT2D eigenvalue weighted by Crippen LogP contribution is -2.17. The summed E-state index contributed by atoms with van der Waals surface area (Å²) in [5, 5.41) is 0.758. The molecule has 80 valence electrons. The number of thioether (sulfide) groups is 1. The van der Waals surface area contributed by atoms with Crippen LogP contribution < -0.4 is 0 Å². The standard InChI is InChI=1S/C12H26S/c1-10(2)8-7-9-12(5,6)13-11(3)4/h10-11H,7-9H2,1-6H3. The van der Waals surface area contributed by atoms with Gasteiger partial charge in [0.15, 0.2) is 0 Å². The van der Waals surface area contributed by atoms with E-state index in [1.807, 2.05) is 0 Å². The number of hydrogen-bond donors (Lipinski definition) is 0. The second-order valence-electron chi connectivity index (χ2n) is 5.21. The van der Waals surface area contributed by atoms with Gasteiger partial charge in [-0.15, -0.1) is 0 Å². The second-order valence-corrected chi connectivity index (χ2v) is 7.50. The Morgan fingerprint density at radius 3 is 2.00 bits per heavy atom. The smallest absolute Gasteiger partial charge is 0.0106 e. The monoisotopic (exact) mass is 202 g/mol. The van der Waals surface area contributed by atoms with Crippen LogP contribution in [-0.4, -0.2) is 10.00 Å². The van der Waals surface area contributed by atoms with Crippen molar-refractivity contribution < 1.29 is 0 Å². The van der Waals surface area contributed by atoms with E-state index in [0.717, 1.165) is 11.2 Å². The maximum atomic E-state index is 2.37. The SMILES string of the molecule is CC(C)CCCC(C)(C)SC(C)C. The lowest BCUT2D eigenvalue weighted by molar-refractivity contribution is 0.501. The summed E-state index contributed by atoms with van der Waals surface area (Å²) in [5.74, 6) is 0.861. The summed E-state index contributed by atoms with van der Waals surface area (Å²) in [5.41, 5.74) is 0. The van der Waals surface area contributed by atoms with Crippen LogP contribution >= 0.6 is 11.8 Å². The third-order valence-corrected chi connectivity index (χ3v) is 3.43. The summed E-state index contributed by atoms with van der Waals surface area (Å²) in [7, 11) is 0. The second kappa shape index (κ2) is 5.95. The fourth-order valence-corrected chi connectivity index (χ4v) is 3.17. The van der Waals surface area contributed by atoms with E-state index in [1.54, 1.807) is 0 Å². The molecule has 0 atom stereocenters. The third-order valence-electron chi connectivity index (χ3n) is 2.12. The molecule has 0 aromatic heterocycles. The van der Waals surface area contributed by atoms with Gasteiger partial charge in [-0.05, 0) is 17.6 Å². The highest BCUT2D eigenvalue weighted by Gasteiger charge is 2.19. The van der Waals surface area contributed by atoms with Crippen molar-refractivity contribution in [1.29, 1.82) is 0 Å². The van der Waals surface area contributed by atoms with Crippen LogP contribution in [0, 0.1) is 5.92 Å². The molecule has 0 spiro atoms. The molecular weight excluding hydrogens is 176 g/mol. The van der Waals surface area contributed by atoms with Gasteiger partial charge in [-0.2, -0.15) is 11.8 Å². The van der Waals surface area contributed by atoms with Crippen LogP contribution in [0.4, 0.5) is 0 Å². The molecule has 1 heteroatoms. The molecular formula is C12H26S. The summed E-state index contributed by atoms with van der Waals surface area (Å²) in [4.78, 5) is 0. The minimum absolute atomic E-state index is 0.475. The zero-order valence-electron chi connectivity index (χ0n) is 10.2. The third kappa shape index (κ3) is 8.67. The van der Waals surface area contributed by atoms with E-state index in [9.17, 15) is 0 Å². The van der Waals surface area contributed by atoms with Crippen LogP contribution in [0.3, 0.4) is 0 Å². The Bertz CT molecular complexity index is 125. The largest absolute Gasteiger partial charge is 0.153 e. The summed E-state index contributed by atoms with van der Waals surface area (Å²) < 4.78 is 0.475. The van der Waals surface area contributed by atoms with Crippen LogP contribution in [-0.2, 0) is 0 Å². The van der Waals surface area contributed by atoms with Gasteiger partial charge in [0.1, 0.15) is 0 Å². The average Bonchev–Trinajstić information content (AvgIpc) is 1.81. The molecule has 0 nitrogen and oxygen atoms in total. The van der Waals surface area contributed by atoms with E-state index in [0.29, 0.717) is 4.75 Å². The molecule has 0 radical (unpaired) electrons. The van der Waals surface area contributed by atoms with Crippen molar-refractivity contribution in [3.63, 3.8) is 0 Å². The predicted molar refractivity (Wildman–Crippen MR) is 65.5 cm³/mol. The molecule has 0 aromatic rings. The van der Waals surface area contributed by atoms with Crippen LogP contribution in [0.5, 0.6) is 0 Å². The number of hydrogen-bond acceptors (Lipinski definition) is 1. The molecule has 0 unspecified atom stereocenters. The topological polar surface area (TPSA) is 0 Å². The molecule has 0 saturated heterocycles. The highest BCUT2D eigenvalue weighted by atomic mass is 32.2. The van der Waals surface area contributed by atoms with Crippen LogP contribution in [0.2, 0.25) is 0 Å². The Balaban J connectivity index is 3.62. The summed E-state index contributed by atoms with van der Waals surface area (Å²) in [6, 6.07) is 0. The van der Waals surface area contributed by atoms with Crippen LogP contribution in [0.1, 0.15) is 60.8 Å². The Kier molecular flexibility index (Phi) is 6.11. The van der Waals surface area contributed by atoms with Gasteiger partial charge in [0, 0.05) is 4.75 Å². The van der Waals surface area contributed by atoms with Crippen LogP contribution in [0.15, 0.2) is 0 Å². The lowest BCUT2D eigenvalue weighted by atomic mass is 10.0. The minimum Gasteiger partial charge on any atom is -0.153 e. The van der Waals surface area contributed by atoms with Crippen LogP contribution in [0.25, 0.3) is 0 Å². The first kappa shape index (κ1) is 13.4. The Labute approximate surface area is 88.9 Å². The predicted octanol–water partition coefficient (Wildman–Crippen LogP) is 4.73. The average molecular weight is 202 g/mol. The molecule has 0 aliphatic carbocycles.